The first-order valence-corrected chi connectivity index (χ1v) is 3.60. The Balaban J connectivity index is 2.78. The number of hydrogen-bond acceptors (Lipinski definition) is 2. The zero-order chi connectivity index (χ0) is 7.94. The second-order valence-corrected chi connectivity index (χ2v) is 3.31. The van der Waals surface area contributed by atoms with Gasteiger partial charge in [-0.15, -0.1) is 0 Å². The molecule has 2 nitrogen and oxygen atoms in total. The van der Waals surface area contributed by atoms with Crippen LogP contribution in [0.15, 0.2) is 0 Å². The quantitative estimate of drug-likeness (QED) is 0.513. The van der Waals surface area contributed by atoms with Gasteiger partial charge in [-0.05, 0) is 20.3 Å². The maximum atomic E-state index is 11.1. The molecule has 1 aliphatic rings. The van der Waals surface area contributed by atoms with Crippen LogP contribution in [0.3, 0.4) is 0 Å². The summed E-state index contributed by atoms with van der Waals surface area (Å²) in [5.41, 5.74) is -0.666. The van der Waals surface area contributed by atoms with Crippen molar-refractivity contribution in [3.05, 3.63) is 0 Å². The van der Waals surface area contributed by atoms with Crippen LogP contribution >= 0.6 is 0 Å². The second-order valence-electron chi connectivity index (χ2n) is 3.31. The summed E-state index contributed by atoms with van der Waals surface area (Å²) in [6.45, 7) is 5.27. The van der Waals surface area contributed by atoms with Crippen molar-refractivity contribution in [2.45, 2.75) is 27.2 Å². The van der Waals surface area contributed by atoms with Crippen LogP contribution in [-0.4, -0.2) is 11.6 Å². The Morgan fingerprint density at radius 1 is 1.30 bits per heavy atom. The third kappa shape index (κ3) is 0.648. The fourth-order valence-corrected chi connectivity index (χ4v) is 1.40. The van der Waals surface area contributed by atoms with Crippen molar-refractivity contribution in [2.75, 3.05) is 0 Å². The van der Waals surface area contributed by atoms with Crippen LogP contribution in [0.25, 0.3) is 0 Å². The maximum Gasteiger partial charge on any atom is 0.156 e. The first-order chi connectivity index (χ1) is 4.51. The van der Waals surface area contributed by atoms with Crippen LogP contribution in [0.1, 0.15) is 27.2 Å². The van der Waals surface area contributed by atoms with E-state index in [1.165, 1.54) is 0 Å². The predicted molar refractivity (Wildman–Crippen MR) is 37.6 cm³/mol. The van der Waals surface area contributed by atoms with Crippen molar-refractivity contribution >= 4 is 11.6 Å². The second kappa shape index (κ2) is 1.91. The standard InChI is InChI=1S/C8H12O2/c1-4-5-6(9)8(2,3)7(5)10/h5H,4H2,1-3H3. The van der Waals surface area contributed by atoms with Crippen LogP contribution in [0, 0.1) is 11.3 Å². The molecule has 1 rings (SSSR count). The number of ketones is 2. The van der Waals surface area contributed by atoms with E-state index < -0.39 is 5.41 Å². The Morgan fingerprint density at radius 3 is 1.90 bits per heavy atom. The first-order valence-electron chi connectivity index (χ1n) is 3.60. The van der Waals surface area contributed by atoms with Crippen molar-refractivity contribution < 1.29 is 9.59 Å². The monoisotopic (exact) mass is 140 g/mol. The highest BCUT2D eigenvalue weighted by atomic mass is 16.2. The minimum absolute atomic E-state index is 0.111. The number of carbonyl (C=O) groups excluding carboxylic acids is 2. The van der Waals surface area contributed by atoms with Crippen LogP contribution in [-0.2, 0) is 9.59 Å². The lowest BCUT2D eigenvalue weighted by atomic mass is 9.61. The van der Waals surface area contributed by atoms with Crippen molar-refractivity contribution in [1.29, 1.82) is 0 Å². The molecule has 0 spiro atoms. The van der Waals surface area contributed by atoms with Gasteiger partial charge in [-0.2, -0.15) is 0 Å². The van der Waals surface area contributed by atoms with E-state index in [4.69, 9.17) is 0 Å². The maximum absolute atomic E-state index is 11.1. The Bertz CT molecular complexity index is 173. The predicted octanol–water partition coefficient (Wildman–Crippen LogP) is 1.19. The minimum Gasteiger partial charge on any atom is -0.298 e. The molecule has 0 saturated heterocycles. The number of rotatable bonds is 1. The average molecular weight is 140 g/mol. The third-order valence-corrected chi connectivity index (χ3v) is 2.27. The number of hydrogen-bond donors (Lipinski definition) is 0. The molecule has 0 unspecified atom stereocenters. The summed E-state index contributed by atoms with van der Waals surface area (Å²) in [6, 6.07) is 0. The van der Waals surface area contributed by atoms with E-state index in [1.807, 2.05) is 6.92 Å². The highest BCUT2D eigenvalue weighted by molar-refractivity contribution is 6.26. The largest absolute Gasteiger partial charge is 0.298 e. The molecule has 0 atom stereocenters. The van der Waals surface area contributed by atoms with Crippen molar-refractivity contribution in [1.82, 2.24) is 0 Å². The van der Waals surface area contributed by atoms with Crippen LogP contribution in [0.4, 0.5) is 0 Å². The fourth-order valence-electron chi connectivity index (χ4n) is 1.40. The molecule has 56 valence electrons. The number of carbonyl (C=O) groups is 2. The molecule has 0 aromatic carbocycles. The van der Waals surface area contributed by atoms with Gasteiger partial charge in [0.05, 0.1) is 11.3 Å². The summed E-state index contributed by atoms with van der Waals surface area (Å²) < 4.78 is 0. The molecule has 1 aliphatic carbocycles. The Hall–Kier alpha value is -0.660. The molecule has 0 aromatic rings. The molecule has 2 heteroatoms. The Kier molecular flexibility index (Phi) is 1.42. The summed E-state index contributed by atoms with van der Waals surface area (Å²) in [5.74, 6) is -0.0602. The van der Waals surface area contributed by atoms with Gasteiger partial charge in [-0.1, -0.05) is 6.92 Å². The van der Waals surface area contributed by atoms with Gasteiger partial charge >= 0.3 is 0 Å². The van der Waals surface area contributed by atoms with Crippen molar-refractivity contribution in [3.8, 4) is 0 Å². The highest BCUT2D eigenvalue weighted by Gasteiger charge is 2.54. The SMILES string of the molecule is CCC1C(=O)C(C)(C)C1=O. The van der Waals surface area contributed by atoms with Crippen molar-refractivity contribution in [3.63, 3.8) is 0 Å². The van der Waals surface area contributed by atoms with Crippen LogP contribution < -0.4 is 0 Å². The molecule has 0 N–H and O–H groups in total. The van der Waals surface area contributed by atoms with E-state index >= 15 is 0 Å². The normalized spacial score (nSPS) is 24.7. The summed E-state index contributed by atoms with van der Waals surface area (Å²) in [7, 11) is 0. The molecule has 0 radical (unpaired) electrons. The Morgan fingerprint density at radius 2 is 1.70 bits per heavy atom. The molecule has 0 amide bonds. The van der Waals surface area contributed by atoms with E-state index in [9.17, 15) is 9.59 Å². The average Bonchev–Trinajstić information content (AvgIpc) is 1.89. The van der Waals surface area contributed by atoms with Crippen LogP contribution in [0.2, 0.25) is 0 Å². The van der Waals surface area contributed by atoms with E-state index in [2.05, 4.69) is 0 Å². The van der Waals surface area contributed by atoms with E-state index in [1.54, 1.807) is 13.8 Å². The smallest absolute Gasteiger partial charge is 0.156 e. The highest BCUT2D eigenvalue weighted by Crippen LogP contribution is 2.38. The third-order valence-electron chi connectivity index (χ3n) is 2.27. The van der Waals surface area contributed by atoms with E-state index in [-0.39, 0.29) is 17.5 Å². The summed E-state index contributed by atoms with van der Waals surface area (Å²) >= 11 is 0. The lowest BCUT2D eigenvalue weighted by Gasteiger charge is -2.37. The van der Waals surface area contributed by atoms with Crippen molar-refractivity contribution in [2.24, 2.45) is 11.3 Å². The van der Waals surface area contributed by atoms with Crippen LogP contribution in [0.5, 0.6) is 0 Å². The molecule has 10 heavy (non-hydrogen) atoms. The van der Waals surface area contributed by atoms with E-state index in [0.717, 1.165) is 0 Å². The summed E-state index contributed by atoms with van der Waals surface area (Å²) in [6.07, 6.45) is 0.668. The van der Waals surface area contributed by atoms with Gasteiger partial charge in [-0.25, -0.2) is 0 Å². The Labute approximate surface area is 60.6 Å². The molecule has 0 heterocycles. The molecule has 1 saturated carbocycles. The van der Waals surface area contributed by atoms with Gasteiger partial charge < -0.3 is 0 Å². The number of Topliss-reactive ketones (excluding diaryl/α,β-unsaturated/α-hetero) is 2. The molecule has 0 aliphatic heterocycles. The fraction of sp³-hybridized carbons (Fsp3) is 0.750. The zero-order valence-electron chi connectivity index (χ0n) is 6.60. The van der Waals surface area contributed by atoms with Gasteiger partial charge in [0.1, 0.15) is 0 Å². The molecule has 0 aromatic heterocycles. The zero-order valence-corrected chi connectivity index (χ0v) is 6.60. The van der Waals surface area contributed by atoms with E-state index in [0.29, 0.717) is 6.42 Å². The van der Waals surface area contributed by atoms with Gasteiger partial charge in [0.2, 0.25) is 0 Å². The van der Waals surface area contributed by atoms with Gasteiger partial charge in [0, 0.05) is 0 Å². The lowest BCUT2D eigenvalue weighted by molar-refractivity contribution is -0.158. The minimum atomic E-state index is -0.666. The van der Waals surface area contributed by atoms with Gasteiger partial charge in [0.15, 0.2) is 11.6 Å². The van der Waals surface area contributed by atoms with Gasteiger partial charge in [0.25, 0.3) is 0 Å². The summed E-state index contributed by atoms with van der Waals surface area (Å²) in [5, 5.41) is 0. The summed E-state index contributed by atoms with van der Waals surface area (Å²) in [4.78, 5) is 22.2. The molecule has 0 bridgehead atoms. The van der Waals surface area contributed by atoms with Gasteiger partial charge in [-0.3, -0.25) is 9.59 Å². The first kappa shape index (κ1) is 7.45. The lowest BCUT2D eigenvalue weighted by Crippen LogP contribution is -2.54. The topological polar surface area (TPSA) is 34.1 Å². The molecular weight excluding hydrogens is 128 g/mol. The molecular formula is C8H12O2. The molecule has 1 fully saturated rings.